The monoisotopic (exact) mass is 340 g/mol. The van der Waals surface area contributed by atoms with Gasteiger partial charge in [-0.2, -0.15) is 0 Å². The molecule has 0 spiro atoms. The highest BCUT2D eigenvalue weighted by Gasteiger charge is 2.08. The van der Waals surface area contributed by atoms with Crippen LogP contribution >= 0.6 is 27.5 Å². The summed E-state index contributed by atoms with van der Waals surface area (Å²) in [6.07, 6.45) is 1.56. The second-order valence-corrected chi connectivity index (χ2v) is 5.21. The molecule has 98 valence electrons. The topological polar surface area (TPSA) is 51.1 Å². The summed E-state index contributed by atoms with van der Waals surface area (Å²) in [5.41, 5.74) is 0.899. The number of nitrogens with zero attached hydrogens (tertiary/aromatic N) is 1. The van der Waals surface area contributed by atoms with E-state index < -0.39 is 0 Å². The minimum atomic E-state index is -0.268. The molecular formula is C13H10BrClN2O2. The fourth-order valence-electron chi connectivity index (χ4n) is 1.51. The zero-order chi connectivity index (χ0) is 14.0. The van der Waals surface area contributed by atoms with Crippen LogP contribution in [0, 0.1) is 0 Å². The number of hydrogen-bond donors (Lipinski definition) is 1. The van der Waals surface area contributed by atoms with Gasteiger partial charge in [-0.05, 0) is 40.2 Å². The SMILES string of the molecule is Cn1cc(NC(=O)c2ccc(Cl)c(Br)c2)ccc1=O. The first-order valence-electron chi connectivity index (χ1n) is 5.40. The highest BCUT2D eigenvalue weighted by atomic mass is 79.9. The largest absolute Gasteiger partial charge is 0.321 e. The third-order valence-corrected chi connectivity index (χ3v) is 3.74. The zero-order valence-electron chi connectivity index (χ0n) is 9.98. The lowest BCUT2D eigenvalue weighted by Gasteiger charge is -2.07. The molecule has 2 aromatic rings. The normalized spacial score (nSPS) is 10.3. The summed E-state index contributed by atoms with van der Waals surface area (Å²) in [5.74, 6) is -0.268. The molecule has 0 atom stereocenters. The van der Waals surface area contributed by atoms with Crippen LogP contribution in [0.25, 0.3) is 0 Å². The van der Waals surface area contributed by atoms with Gasteiger partial charge in [-0.25, -0.2) is 0 Å². The van der Waals surface area contributed by atoms with E-state index in [9.17, 15) is 9.59 Å². The number of aryl methyl sites for hydroxylation is 1. The minimum absolute atomic E-state index is 0.132. The molecular weight excluding hydrogens is 332 g/mol. The molecule has 0 saturated carbocycles. The molecule has 0 aliphatic carbocycles. The van der Waals surface area contributed by atoms with E-state index in [0.29, 0.717) is 20.7 Å². The summed E-state index contributed by atoms with van der Waals surface area (Å²) in [5, 5.41) is 3.25. The number of hydrogen-bond acceptors (Lipinski definition) is 2. The van der Waals surface area contributed by atoms with E-state index >= 15 is 0 Å². The van der Waals surface area contributed by atoms with Crippen molar-refractivity contribution in [3.63, 3.8) is 0 Å². The molecule has 0 unspecified atom stereocenters. The van der Waals surface area contributed by atoms with Crippen LogP contribution in [0.1, 0.15) is 10.4 Å². The zero-order valence-corrected chi connectivity index (χ0v) is 12.3. The summed E-state index contributed by atoms with van der Waals surface area (Å²) in [4.78, 5) is 23.2. The van der Waals surface area contributed by atoms with Crippen LogP contribution in [0.3, 0.4) is 0 Å². The first-order valence-corrected chi connectivity index (χ1v) is 6.57. The number of benzene rings is 1. The highest BCUT2D eigenvalue weighted by Crippen LogP contribution is 2.23. The average Bonchev–Trinajstić information content (AvgIpc) is 2.37. The fraction of sp³-hybridized carbons (Fsp3) is 0.0769. The standard InChI is InChI=1S/C13H10BrClN2O2/c1-17-7-9(3-5-12(17)18)16-13(19)8-2-4-11(15)10(14)6-8/h2-7H,1H3,(H,16,19). The lowest BCUT2D eigenvalue weighted by atomic mass is 10.2. The van der Waals surface area contributed by atoms with Crippen LogP contribution in [-0.2, 0) is 7.05 Å². The van der Waals surface area contributed by atoms with Gasteiger partial charge in [-0.15, -0.1) is 0 Å². The van der Waals surface area contributed by atoms with Gasteiger partial charge in [0.2, 0.25) is 5.56 Å². The lowest BCUT2D eigenvalue weighted by Crippen LogP contribution is -2.18. The molecule has 1 aromatic carbocycles. The molecule has 0 saturated heterocycles. The molecule has 0 fully saturated rings. The van der Waals surface area contributed by atoms with Crippen molar-refractivity contribution >= 4 is 39.1 Å². The second-order valence-electron chi connectivity index (χ2n) is 3.95. The number of amides is 1. The molecule has 6 heteroatoms. The Bertz CT molecular complexity index is 697. The van der Waals surface area contributed by atoms with Crippen molar-refractivity contribution in [3.8, 4) is 0 Å². The molecule has 0 radical (unpaired) electrons. The van der Waals surface area contributed by atoms with Crippen molar-refractivity contribution in [2.75, 3.05) is 5.32 Å². The van der Waals surface area contributed by atoms with E-state index in [1.165, 1.54) is 10.6 Å². The molecule has 1 N–H and O–H groups in total. The highest BCUT2D eigenvalue weighted by molar-refractivity contribution is 9.10. The summed E-state index contributed by atoms with van der Waals surface area (Å²) in [7, 11) is 1.62. The summed E-state index contributed by atoms with van der Waals surface area (Å²) in [6, 6.07) is 7.86. The van der Waals surface area contributed by atoms with Crippen LogP contribution in [0.2, 0.25) is 5.02 Å². The quantitative estimate of drug-likeness (QED) is 0.913. The first-order chi connectivity index (χ1) is 8.97. The number of carbonyl (C=O) groups excluding carboxylic acids is 1. The van der Waals surface area contributed by atoms with Crippen molar-refractivity contribution < 1.29 is 4.79 Å². The smallest absolute Gasteiger partial charge is 0.255 e. The van der Waals surface area contributed by atoms with E-state index in [1.54, 1.807) is 37.5 Å². The van der Waals surface area contributed by atoms with Crippen molar-refractivity contribution in [2.24, 2.45) is 7.05 Å². The molecule has 1 aromatic heterocycles. The third-order valence-electron chi connectivity index (χ3n) is 2.53. The number of pyridine rings is 1. The van der Waals surface area contributed by atoms with Crippen molar-refractivity contribution in [1.29, 1.82) is 0 Å². The van der Waals surface area contributed by atoms with E-state index in [-0.39, 0.29) is 11.5 Å². The predicted octanol–water partition coefficient (Wildman–Crippen LogP) is 3.05. The van der Waals surface area contributed by atoms with Crippen molar-refractivity contribution in [2.45, 2.75) is 0 Å². The van der Waals surface area contributed by atoms with Gasteiger partial charge in [0.25, 0.3) is 5.91 Å². The molecule has 1 heterocycles. The third kappa shape index (κ3) is 3.24. The molecule has 19 heavy (non-hydrogen) atoms. The summed E-state index contributed by atoms with van der Waals surface area (Å²) >= 11 is 9.13. The summed E-state index contributed by atoms with van der Waals surface area (Å²) in [6.45, 7) is 0. The van der Waals surface area contributed by atoms with Gasteiger partial charge in [0.15, 0.2) is 0 Å². The maximum Gasteiger partial charge on any atom is 0.255 e. The Hall–Kier alpha value is -1.59. The molecule has 0 aliphatic rings. The van der Waals surface area contributed by atoms with Crippen LogP contribution < -0.4 is 10.9 Å². The van der Waals surface area contributed by atoms with Gasteiger partial charge < -0.3 is 9.88 Å². The Kier molecular flexibility index (Phi) is 4.07. The van der Waals surface area contributed by atoms with Gasteiger partial charge in [-0.1, -0.05) is 11.6 Å². The van der Waals surface area contributed by atoms with Crippen molar-refractivity contribution in [1.82, 2.24) is 4.57 Å². The maximum atomic E-state index is 12.0. The number of rotatable bonds is 2. The number of aromatic nitrogens is 1. The maximum absolute atomic E-state index is 12.0. The number of nitrogens with one attached hydrogen (secondary N) is 1. The van der Waals surface area contributed by atoms with E-state index in [1.807, 2.05) is 0 Å². The Morgan fingerprint density at radius 1 is 1.32 bits per heavy atom. The predicted molar refractivity (Wildman–Crippen MR) is 78.8 cm³/mol. The Labute approximate surface area is 123 Å². The van der Waals surface area contributed by atoms with Gasteiger partial charge in [0, 0.05) is 29.3 Å². The van der Waals surface area contributed by atoms with E-state index in [0.717, 1.165) is 0 Å². The Morgan fingerprint density at radius 2 is 2.05 bits per heavy atom. The van der Waals surface area contributed by atoms with E-state index in [2.05, 4.69) is 21.2 Å². The number of anilines is 1. The van der Waals surface area contributed by atoms with Crippen molar-refractivity contribution in [3.05, 3.63) is 61.9 Å². The number of halogens is 2. The van der Waals surface area contributed by atoms with Gasteiger partial charge >= 0.3 is 0 Å². The minimum Gasteiger partial charge on any atom is -0.321 e. The second kappa shape index (κ2) is 5.59. The van der Waals surface area contributed by atoms with Crippen LogP contribution in [0.4, 0.5) is 5.69 Å². The lowest BCUT2D eigenvalue weighted by molar-refractivity contribution is 0.102. The van der Waals surface area contributed by atoms with Gasteiger partial charge in [0.1, 0.15) is 0 Å². The molecule has 0 bridgehead atoms. The molecule has 1 amide bonds. The van der Waals surface area contributed by atoms with Crippen LogP contribution in [0.15, 0.2) is 45.8 Å². The molecule has 4 nitrogen and oxygen atoms in total. The van der Waals surface area contributed by atoms with Gasteiger partial charge in [0.05, 0.1) is 10.7 Å². The fourth-order valence-corrected chi connectivity index (χ4v) is 2.00. The number of carbonyl (C=O) groups is 1. The van der Waals surface area contributed by atoms with Gasteiger partial charge in [-0.3, -0.25) is 9.59 Å². The van der Waals surface area contributed by atoms with E-state index in [4.69, 9.17) is 11.6 Å². The van der Waals surface area contributed by atoms with Crippen LogP contribution in [0.5, 0.6) is 0 Å². The first kappa shape index (κ1) is 13.8. The molecule has 2 rings (SSSR count). The Morgan fingerprint density at radius 3 is 2.68 bits per heavy atom. The average molecular weight is 342 g/mol. The summed E-state index contributed by atoms with van der Waals surface area (Å²) < 4.78 is 2.05. The van der Waals surface area contributed by atoms with Crippen LogP contribution in [-0.4, -0.2) is 10.5 Å². The Balaban J connectivity index is 2.22. The molecule has 0 aliphatic heterocycles.